The van der Waals surface area contributed by atoms with Crippen molar-refractivity contribution in [1.29, 1.82) is 0 Å². The van der Waals surface area contributed by atoms with Crippen LogP contribution in [0.5, 0.6) is 0 Å². The van der Waals surface area contributed by atoms with Gasteiger partial charge in [-0.15, -0.1) is 0 Å². The van der Waals surface area contributed by atoms with Crippen LogP contribution in [-0.4, -0.2) is 47.8 Å². The molecule has 4 rings (SSSR count). The number of hydrogen-bond donors (Lipinski definition) is 0. The first kappa shape index (κ1) is 15.9. The van der Waals surface area contributed by atoms with Gasteiger partial charge in [-0.3, -0.25) is 9.59 Å². The molecule has 25 heavy (non-hydrogen) atoms. The first-order valence-electron chi connectivity index (χ1n) is 8.90. The largest absolute Gasteiger partial charge is 0.459 e. The zero-order valence-electron chi connectivity index (χ0n) is 14.1. The summed E-state index contributed by atoms with van der Waals surface area (Å²) in [4.78, 5) is 29.1. The van der Waals surface area contributed by atoms with E-state index < -0.39 is 0 Å². The number of carbonyl (C=O) groups excluding carboxylic acids is 2. The van der Waals surface area contributed by atoms with E-state index in [-0.39, 0.29) is 17.7 Å². The number of piperazine rings is 1. The molecule has 1 unspecified atom stereocenters. The molecule has 0 bridgehead atoms. The normalized spacial score (nSPS) is 18.9. The highest BCUT2D eigenvalue weighted by molar-refractivity contribution is 5.91. The third kappa shape index (κ3) is 3.31. The van der Waals surface area contributed by atoms with Crippen LogP contribution in [0.25, 0.3) is 0 Å². The number of benzene rings is 1. The van der Waals surface area contributed by atoms with E-state index in [0.717, 1.165) is 18.4 Å². The lowest BCUT2D eigenvalue weighted by molar-refractivity contribution is -0.134. The Labute approximate surface area is 147 Å². The number of furan rings is 1. The molecule has 2 amide bonds. The molecule has 5 heteroatoms. The molecule has 1 aromatic carbocycles. The summed E-state index contributed by atoms with van der Waals surface area (Å²) in [5, 5.41) is 0. The Morgan fingerprint density at radius 2 is 1.60 bits per heavy atom. The maximum absolute atomic E-state index is 13.1. The number of nitrogens with zero attached hydrogens (tertiary/aromatic N) is 2. The zero-order chi connectivity index (χ0) is 17.2. The van der Waals surface area contributed by atoms with E-state index in [1.54, 1.807) is 17.0 Å². The smallest absolute Gasteiger partial charge is 0.289 e. The predicted octanol–water partition coefficient (Wildman–Crippen LogP) is 2.76. The maximum Gasteiger partial charge on any atom is 0.289 e. The van der Waals surface area contributed by atoms with Crippen LogP contribution in [0.15, 0.2) is 53.1 Å². The molecule has 1 aliphatic carbocycles. The van der Waals surface area contributed by atoms with Gasteiger partial charge in [0.15, 0.2) is 5.76 Å². The number of hydrogen-bond acceptors (Lipinski definition) is 3. The van der Waals surface area contributed by atoms with Crippen molar-refractivity contribution < 1.29 is 14.0 Å². The summed E-state index contributed by atoms with van der Waals surface area (Å²) in [6.07, 6.45) is 3.76. The molecular weight excluding hydrogens is 316 g/mol. The summed E-state index contributed by atoms with van der Waals surface area (Å²) < 4.78 is 5.19. The van der Waals surface area contributed by atoms with E-state index in [9.17, 15) is 9.59 Å². The zero-order valence-corrected chi connectivity index (χ0v) is 14.1. The van der Waals surface area contributed by atoms with Crippen LogP contribution in [0.2, 0.25) is 0 Å². The second-order valence-corrected chi connectivity index (χ2v) is 6.82. The van der Waals surface area contributed by atoms with Gasteiger partial charge in [0, 0.05) is 26.2 Å². The van der Waals surface area contributed by atoms with Gasteiger partial charge in [-0.05, 0) is 36.5 Å². The van der Waals surface area contributed by atoms with E-state index >= 15 is 0 Å². The lowest BCUT2D eigenvalue weighted by atomic mass is 9.92. The second-order valence-electron chi connectivity index (χ2n) is 6.82. The summed E-state index contributed by atoms with van der Waals surface area (Å²) in [6.45, 7) is 2.28. The summed E-state index contributed by atoms with van der Waals surface area (Å²) in [5.74, 6) is 0.906. The number of carbonyl (C=O) groups is 2. The van der Waals surface area contributed by atoms with Crippen molar-refractivity contribution >= 4 is 11.8 Å². The molecule has 1 aliphatic heterocycles. The van der Waals surface area contributed by atoms with Crippen LogP contribution >= 0.6 is 0 Å². The van der Waals surface area contributed by atoms with Gasteiger partial charge in [-0.25, -0.2) is 0 Å². The van der Waals surface area contributed by atoms with Crippen molar-refractivity contribution in [1.82, 2.24) is 9.80 Å². The van der Waals surface area contributed by atoms with E-state index in [1.807, 2.05) is 23.1 Å². The molecule has 2 aromatic rings. The van der Waals surface area contributed by atoms with Crippen LogP contribution < -0.4 is 0 Å². The van der Waals surface area contributed by atoms with E-state index in [0.29, 0.717) is 37.9 Å². The summed E-state index contributed by atoms with van der Waals surface area (Å²) in [7, 11) is 0. The maximum atomic E-state index is 13.1. The van der Waals surface area contributed by atoms with Gasteiger partial charge in [0.1, 0.15) is 0 Å². The third-order valence-corrected chi connectivity index (χ3v) is 5.13. The van der Waals surface area contributed by atoms with Crippen molar-refractivity contribution in [2.24, 2.45) is 5.92 Å². The molecule has 0 radical (unpaired) electrons. The minimum atomic E-state index is -0.0982. The lowest BCUT2D eigenvalue weighted by Crippen LogP contribution is -2.51. The van der Waals surface area contributed by atoms with Crippen molar-refractivity contribution in [3.8, 4) is 0 Å². The first-order valence-corrected chi connectivity index (χ1v) is 8.90. The van der Waals surface area contributed by atoms with Gasteiger partial charge < -0.3 is 14.2 Å². The van der Waals surface area contributed by atoms with Crippen LogP contribution in [0.1, 0.15) is 34.9 Å². The molecule has 0 spiro atoms. The number of rotatable bonds is 4. The SMILES string of the molecule is O=C(c1ccco1)N1CCN(C(=O)C(c2ccccc2)C2CC2)CC1. The molecule has 2 fully saturated rings. The monoisotopic (exact) mass is 338 g/mol. The highest BCUT2D eigenvalue weighted by atomic mass is 16.3. The highest BCUT2D eigenvalue weighted by Crippen LogP contribution is 2.43. The lowest BCUT2D eigenvalue weighted by Gasteiger charge is -2.36. The fraction of sp³-hybridized carbons (Fsp3) is 0.400. The molecule has 1 atom stereocenters. The Balaban J connectivity index is 1.41. The summed E-state index contributed by atoms with van der Waals surface area (Å²) in [6, 6.07) is 13.5. The third-order valence-electron chi connectivity index (χ3n) is 5.13. The molecule has 1 aromatic heterocycles. The van der Waals surface area contributed by atoms with Gasteiger partial charge in [0.2, 0.25) is 5.91 Å². The van der Waals surface area contributed by atoms with E-state index in [2.05, 4.69) is 12.1 Å². The van der Waals surface area contributed by atoms with Crippen LogP contribution in [0.3, 0.4) is 0 Å². The summed E-state index contributed by atoms with van der Waals surface area (Å²) >= 11 is 0. The molecule has 130 valence electrons. The van der Waals surface area contributed by atoms with Crippen molar-refractivity contribution in [2.75, 3.05) is 26.2 Å². The van der Waals surface area contributed by atoms with Gasteiger partial charge in [0.25, 0.3) is 5.91 Å². The molecular formula is C20H22N2O3. The topological polar surface area (TPSA) is 53.8 Å². The van der Waals surface area contributed by atoms with Crippen molar-refractivity contribution in [3.63, 3.8) is 0 Å². The Hall–Kier alpha value is -2.56. The van der Waals surface area contributed by atoms with E-state index in [1.165, 1.54) is 6.26 Å². The first-order chi connectivity index (χ1) is 12.2. The Morgan fingerprint density at radius 3 is 2.20 bits per heavy atom. The molecule has 0 N–H and O–H groups in total. The molecule has 2 heterocycles. The highest BCUT2D eigenvalue weighted by Gasteiger charge is 2.40. The fourth-order valence-electron chi connectivity index (χ4n) is 3.59. The molecule has 1 saturated carbocycles. The predicted molar refractivity (Wildman–Crippen MR) is 93.1 cm³/mol. The Morgan fingerprint density at radius 1 is 0.920 bits per heavy atom. The van der Waals surface area contributed by atoms with Gasteiger partial charge in [-0.1, -0.05) is 30.3 Å². The van der Waals surface area contributed by atoms with Gasteiger partial charge >= 0.3 is 0 Å². The number of amides is 2. The molecule has 2 aliphatic rings. The minimum Gasteiger partial charge on any atom is -0.459 e. The van der Waals surface area contributed by atoms with Crippen molar-refractivity contribution in [2.45, 2.75) is 18.8 Å². The average molecular weight is 338 g/mol. The minimum absolute atomic E-state index is 0.0338. The molecule has 1 saturated heterocycles. The average Bonchev–Trinajstić information content (AvgIpc) is 3.34. The van der Waals surface area contributed by atoms with Crippen molar-refractivity contribution in [3.05, 3.63) is 60.1 Å². The van der Waals surface area contributed by atoms with Crippen LogP contribution in [-0.2, 0) is 4.79 Å². The Kier molecular flexibility index (Phi) is 4.30. The Bertz CT molecular complexity index is 730. The molecule has 5 nitrogen and oxygen atoms in total. The fourth-order valence-corrected chi connectivity index (χ4v) is 3.59. The van der Waals surface area contributed by atoms with E-state index in [4.69, 9.17) is 4.42 Å². The second kappa shape index (κ2) is 6.75. The standard InChI is InChI=1S/C20H22N2O3/c23-19(17-7-4-14-25-17)21-10-12-22(13-11-21)20(24)18(16-8-9-16)15-5-2-1-3-6-15/h1-7,14,16,18H,8-13H2. The van der Waals surface area contributed by atoms with Gasteiger partial charge in [0.05, 0.1) is 12.2 Å². The van der Waals surface area contributed by atoms with Crippen LogP contribution in [0, 0.1) is 5.92 Å². The quantitative estimate of drug-likeness (QED) is 0.861. The van der Waals surface area contributed by atoms with Gasteiger partial charge in [-0.2, -0.15) is 0 Å². The van der Waals surface area contributed by atoms with Crippen LogP contribution in [0.4, 0.5) is 0 Å². The summed E-state index contributed by atoms with van der Waals surface area (Å²) in [5.41, 5.74) is 1.11.